The van der Waals surface area contributed by atoms with Gasteiger partial charge in [0.1, 0.15) is 0 Å². The van der Waals surface area contributed by atoms with Gasteiger partial charge in [0.2, 0.25) is 0 Å². The summed E-state index contributed by atoms with van der Waals surface area (Å²) in [6.45, 7) is 9.62. The van der Waals surface area contributed by atoms with Crippen LogP contribution in [0.25, 0.3) is 0 Å². The van der Waals surface area contributed by atoms with E-state index in [0.717, 1.165) is 22.1 Å². The van der Waals surface area contributed by atoms with Gasteiger partial charge in [0.25, 0.3) is 5.91 Å². The molecule has 2 rings (SSSR count). The van der Waals surface area contributed by atoms with Crippen molar-refractivity contribution in [1.29, 1.82) is 0 Å². The Kier molecular flexibility index (Phi) is 8.20. The highest BCUT2D eigenvalue weighted by atomic mass is 32.2. The van der Waals surface area contributed by atoms with Gasteiger partial charge in [-0.25, -0.2) is 9.97 Å². The fraction of sp³-hybridized carbons (Fsp3) is 0.455. The lowest BCUT2D eigenvalue weighted by molar-refractivity contribution is -0.153. The molecule has 29 heavy (non-hydrogen) atoms. The van der Waals surface area contributed by atoms with E-state index >= 15 is 0 Å². The standard InChI is InChI=1S/C22H29N3O3S/c1-13(2)17-7-9-18(10-8-17)25-21(27)16(5)28-20(26)12-11-19-14(3)23-22(29-6)24-15(19)4/h7-10,13,16H,11-12H2,1-6H3,(H,25,27)/t16-/m1/s1. The number of ether oxygens (including phenoxy) is 1. The van der Waals surface area contributed by atoms with Crippen molar-refractivity contribution in [1.82, 2.24) is 9.97 Å². The molecule has 7 heteroatoms. The molecule has 0 aliphatic carbocycles. The molecular weight excluding hydrogens is 386 g/mol. The number of benzene rings is 1. The third-order valence-electron chi connectivity index (χ3n) is 4.68. The van der Waals surface area contributed by atoms with Gasteiger partial charge in [0, 0.05) is 23.5 Å². The number of nitrogens with zero attached hydrogens (tertiary/aromatic N) is 2. The molecular formula is C22H29N3O3S. The van der Waals surface area contributed by atoms with Crippen LogP contribution in [0.1, 0.15) is 55.6 Å². The molecule has 0 saturated carbocycles. The maximum absolute atomic E-state index is 12.3. The van der Waals surface area contributed by atoms with Crippen LogP contribution in [0.4, 0.5) is 5.69 Å². The molecule has 1 atom stereocenters. The van der Waals surface area contributed by atoms with Gasteiger partial charge < -0.3 is 10.1 Å². The van der Waals surface area contributed by atoms with Gasteiger partial charge in [-0.2, -0.15) is 0 Å². The molecule has 0 bridgehead atoms. The van der Waals surface area contributed by atoms with Crippen LogP contribution in [0.2, 0.25) is 0 Å². The van der Waals surface area contributed by atoms with Gasteiger partial charge in [-0.05, 0) is 62.6 Å². The second-order valence-corrected chi connectivity index (χ2v) is 8.03. The molecule has 1 N–H and O–H groups in total. The van der Waals surface area contributed by atoms with E-state index in [1.807, 2.05) is 44.4 Å². The zero-order chi connectivity index (χ0) is 21.6. The Bertz CT molecular complexity index is 843. The van der Waals surface area contributed by atoms with Gasteiger partial charge in [-0.3, -0.25) is 9.59 Å². The smallest absolute Gasteiger partial charge is 0.306 e. The Labute approximate surface area is 176 Å². The van der Waals surface area contributed by atoms with E-state index in [1.165, 1.54) is 17.3 Å². The van der Waals surface area contributed by atoms with Gasteiger partial charge >= 0.3 is 5.97 Å². The number of hydrogen-bond acceptors (Lipinski definition) is 6. The van der Waals surface area contributed by atoms with Gasteiger partial charge in [0.05, 0.1) is 0 Å². The number of carbonyl (C=O) groups is 2. The number of nitrogens with one attached hydrogen (secondary N) is 1. The summed E-state index contributed by atoms with van der Waals surface area (Å²) in [5, 5.41) is 3.50. The van der Waals surface area contributed by atoms with Crippen molar-refractivity contribution in [3.05, 3.63) is 46.8 Å². The number of aromatic nitrogens is 2. The molecule has 1 amide bonds. The van der Waals surface area contributed by atoms with Crippen molar-refractivity contribution in [2.75, 3.05) is 11.6 Å². The molecule has 0 aliphatic heterocycles. The molecule has 2 aromatic rings. The minimum absolute atomic E-state index is 0.171. The van der Waals surface area contributed by atoms with Crippen molar-refractivity contribution < 1.29 is 14.3 Å². The van der Waals surface area contributed by atoms with Crippen LogP contribution in [-0.4, -0.2) is 34.2 Å². The van der Waals surface area contributed by atoms with Crippen LogP contribution in [0.15, 0.2) is 29.4 Å². The first kappa shape index (κ1) is 22.9. The first-order chi connectivity index (χ1) is 13.7. The number of esters is 1. The van der Waals surface area contributed by atoms with Crippen LogP contribution in [0, 0.1) is 13.8 Å². The predicted octanol–water partition coefficient (Wildman–Crippen LogP) is 4.44. The Morgan fingerprint density at radius 1 is 1.07 bits per heavy atom. The summed E-state index contributed by atoms with van der Waals surface area (Å²) in [6, 6.07) is 7.66. The van der Waals surface area contributed by atoms with E-state index in [1.54, 1.807) is 6.92 Å². The Hall–Kier alpha value is -2.41. The van der Waals surface area contributed by atoms with E-state index in [-0.39, 0.29) is 12.3 Å². The van der Waals surface area contributed by atoms with Gasteiger partial charge in [0.15, 0.2) is 11.3 Å². The van der Waals surface area contributed by atoms with Crippen molar-refractivity contribution in [3.8, 4) is 0 Å². The summed E-state index contributed by atoms with van der Waals surface area (Å²) in [4.78, 5) is 33.3. The second kappa shape index (κ2) is 10.4. The molecule has 0 aliphatic rings. The molecule has 0 saturated heterocycles. The highest BCUT2D eigenvalue weighted by molar-refractivity contribution is 7.98. The summed E-state index contributed by atoms with van der Waals surface area (Å²) in [5.41, 5.74) is 4.56. The van der Waals surface area contributed by atoms with Crippen molar-refractivity contribution in [2.45, 2.75) is 64.6 Å². The van der Waals surface area contributed by atoms with Gasteiger partial charge in [-0.1, -0.05) is 37.7 Å². The fourth-order valence-electron chi connectivity index (χ4n) is 2.89. The molecule has 0 unspecified atom stereocenters. The molecule has 6 nitrogen and oxygen atoms in total. The SMILES string of the molecule is CSc1nc(C)c(CCC(=O)O[C@H](C)C(=O)Nc2ccc(C(C)C)cc2)c(C)n1. The number of amides is 1. The number of anilines is 1. The lowest BCUT2D eigenvalue weighted by Gasteiger charge is -2.15. The molecule has 1 heterocycles. The average Bonchev–Trinajstić information content (AvgIpc) is 2.67. The van der Waals surface area contributed by atoms with Crippen molar-refractivity contribution in [3.63, 3.8) is 0 Å². The summed E-state index contributed by atoms with van der Waals surface area (Å²) >= 11 is 1.49. The Morgan fingerprint density at radius 2 is 1.66 bits per heavy atom. The number of carbonyl (C=O) groups excluding carboxylic acids is 2. The zero-order valence-corrected chi connectivity index (χ0v) is 18.7. The Morgan fingerprint density at radius 3 is 2.17 bits per heavy atom. The summed E-state index contributed by atoms with van der Waals surface area (Å²) < 4.78 is 5.30. The van der Waals surface area contributed by atoms with E-state index in [9.17, 15) is 9.59 Å². The summed E-state index contributed by atoms with van der Waals surface area (Å²) in [6.07, 6.45) is 1.71. The predicted molar refractivity (Wildman–Crippen MR) is 116 cm³/mol. The summed E-state index contributed by atoms with van der Waals surface area (Å²) in [7, 11) is 0. The quantitative estimate of drug-likeness (QED) is 0.390. The van der Waals surface area contributed by atoms with E-state index < -0.39 is 12.1 Å². The van der Waals surface area contributed by atoms with Crippen LogP contribution < -0.4 is 5.32 Å². The number of aryl methyl sites for hydroxylation is 2. The lowest BCUT2D eigenvalue weighted by atomic mass is 10.0. The molecule has 1 aromatic heterocycles. The monoisotopic (exact) mass is 415 g/mol. The van der Waals surface area contributed by atoms with Crippen molar-refractivity contribution >= 4 is 29.3 Å². The minimum atomic E-state index is -0.871. The Balaban J connectivity index is 1.87. The maximum Gasteiger partial charge on any atom is 0.306 e. The first-order valence-electron chi connectivity index (χ1n) is 9.69. The third kappa shape index (κ3) is 6.56. The fourth-order valence-corrected chi connectivity index (χ4v) is 3.35. The van der Waals surface area contributed by atoms with E-state index in [2.05, 4.69) is 29.1 Å². The number of hydrogen-bond donors (Lipinski definition) is 1. The molecule has 1 aromatic carbocycles. The molecule has 0 spiro atoms. The topological polar surface area (TPSA) is 81.2 Å². The largest absolute Gasteiger partial charge is 0.453 e. The number of thioether (sulfide) groups is 1. The summed E-state index contributed by atoms with van der Waals surface area (Å²) in [5.74, 6) is -0.347. The van der Waals surface area contributed by atoms with Crippen LogP contribution in [0.3, 0.4) is 0 Å². The normalized spacial score (nSPS) is 12.0. The minimum Gasteiger partial charge on any atom is -0.453 e. The highest BCUT2D eigenvalue weighted by Crippen LogP contribution is 2.19. The molecule has 0 radical (unpaired) electrons. The van der Waals surface area contributed by atoms with Crippen molar-refractivity contribution in [2.24, 2.45) is 0 Å². The van der Waals surface area contributed by atoms with E-state index in [0.29, 0.717) is 18.0 Å². The lowest BCUT2D eigenvalue weighted by Crippen LogP contribution is -2.30. The highest BCUT2D eigenvalue weighted by Gasteiger charge is 2.19. The first-order valence-corrected chi connectivity index (χ1v) is 10.9. The van der Waals surface area contributed by atoms with Crippen LogP contribution in [0.5, 0.6) is 0 Å². The second-order valence-electron chi connectivity index (χ2n) is 7.26. The van der Waals surface area contributed by atoms with E-state index in [4.69, 9.17) is 4.74 Å². The zero-order valence-electron chi connectivity index (χ0n) is 17.9. The number of rotatable bonds is 8. The van der Waals surface area contributed by atoms with Gasteiger partial charge in [-0.15, -0.1) is 0 Å². The third-order valence-corrected chi connectivity index (χ3v) is 5.23. The maximum atomic E-state index is 12.3. The van der Waals surface area contributed by atoms with Crippen LogP contribution in [-0.2, 0) is 20.7 Å². The van der Waals surface area contributed by atoms with Crippen LogP contribution >= 0.6 is 11.8 Å². The molecule has 156 valence electrons. The molecule has 0 fully saturated rings. The average molecular weight is 416 g/mol.